The molecule has 0 radical (unpaired) electrons. The maximum atomic E-state index is 12.9. The van der Waals surface area contributed by atoms with E-state index in [0.717, 1.165) is 15.7 Å². The fourth-order valence-electron chi connectivity index (χ4n) is 3.83. The van der Waals surface area contributed by atoms with Gasteiger partial charge in [0.05, 0.1) is 17.2 Å². The average molecular weight is 431 g/mol. The fraction of sp³-hybridized carbons (Fsp3) is 0.143. The van der Waals surface area contributed by atoms with Gasteiger partial charge in [0.25, 0.3) is 11.2 Å². The summed E-state index contributed by atoms with van der Waals surface area (Å²) in [5.41, 5.74) is 1.97. The molecule has 0 spiro atoms. The van der Waals surface area contributed by atoms with Gasteiger partial charge in [-0.1, -0.05) is 6.07 Å². The van der Waals surface area contributed by atoms with Crippen molar-refractivity contribution in [3.63, 3.8) is 0 Å². The third kappa shape index (κ3) is 2.82. The van der Waals surface area contributed by atoms with Gasteiger partial charge in [0.1, 0.15) is 0 Å². The zero-order valence-corrected chi connectivity index (χ0v) is 17.2. The molecule has 5 rings (SSSR count). The van der Waals surface area contributed by atoms with Crippen molar-refractivity contribution in [2.24, 2.45) is 14.1 Å². The minimum absolute atomic E-state index is 0.0155. The van der Waals surface area contributed by atoms with Crippen molar-refractivity contribution in [2.45, 2.75) is 6.54 Å². The second-order valence-electron chi connectivity index (χ2n) is 7.43. The van der Waals surface area contributed by atoms with Crippen LogP contribution >= 0.6 is 0 Å². The highest BCUT2D eigenvalue weighted by molar-refractivity contribution is 5.78. The molecule has 1 aromatic carbocycles. The summed E-state index contributed by atoms with van der Waals surface area (Å²) in [6.07, 6.45) is 5.16. The van der Waals surface area contributed by atoms with Crippen molar-refractivity contribution in [2.75, 3.05) is 0 Å². The first kappa shape index (κ1) is 19.4. The summed E-state index contributed by atoms with van der Waals surface area (Å²) in [7, 11) is 2.99. The summed E-state index contributed by atoms with van der Waals surface area (Å²) in [6.45, 7) is 0.397. The Morgan fingerprint density at radius 3 is 2.47 bits per heavy atom. The topological polar surface area (TPSA) is 122 Å². The molecule has 0 aliphatic rings. The van der Waals surface area contributed by atoms with Crippen LogP contribution in [0.2, 0.25) is 0 Å². The number of nitrogens with zero attached hydrogens (tertiary/aromatic N) is 7. The van der Waals surface area contributed by atoms with Gasteiger partial charge in [-0.3, -0.25) is 33.4 Å². The summed E-state index contributed by atoms with van der Waals surface area (Å²) < 4.78 is 5.93. The van der Waals surface area contributed by atoms with Crippen LogP contribution in [0.4, 0.5) is 5.69 Å². The van der Waals surface area contributed by atoms with Crippen molar-refractivity contribution in [3.05, 3.63) is 91.5 Å². The maximum Gasteiger partial charge on any atom is 0.332 e. The molecule has 11 nitrogen and oxygen atoms in total. The first-order valence-corrected chi connectivity index (χ1v) is 9.68. The van der Waals surface area contributed by atoms with Crippen LogP contribution < -0.4 is 11.2 Å². The van der Waals surface area contributed by atoms with Crippen molar-refractivity contribution in [3.8, 4) is 11.3 Å². The van der Waals surface area contributed by atoms with E-state index in [4.69, 9.17) is 0 Å². The third-order valence-electron chi connectivity index (χ3n) is 5.49. The molecular weight excluding hydrogens is 414 g/mol. The number of aromatic nitrogens is 6. The molecule has 4 aromatic heterocycles. The summed E-state index contributed by atoms with van der Waals surface area (Å²) in [4.78, 5) is 44.6. The van der Waals surface area contributed by atoms with Crippen molar-refractivity contribution in [1.82, 2.24) is 28.1 Å². The van der Waals surface area contributed by atoms with Crippen LogP contribution in [0, 0.1) is 10.1 Å². The molecule has 160 valence electrons. The Bertz CT molecular complexity index is 1620. The molecule has 0 unspecified atom stereocenters. The molecule has 0 amide bonds. The molecule has 0 saturated carbocycles. The Balaban J connectivity index is 1.83. The van der Waals surface area contributed by atoms with Crippen LogP contribution in [-0.2, 0) is 20.6 Å². The van der Waals surface area contributed by atoms with Gasteiger partial charge in [-0.15, -0.1) is 0 Å². The normalized spacial score (nSPS) is 11.4. The third-order valence-corrected chi connectivity index (χ3v) is 5.49. The van der Waals surface area contributed by atoms with Crippen LogP contribution in [0.1, 0.15) is 5.56 Å². The molecule has 0 atom stereocenters. The van der Waals surface area contributed by atoms with E-state index in [0.29, 0.717) is 18.0 Å². The van der Waals surface area contributed by atoms with Crippen molar-refractivity contribution >= 4 is 22.6 Å². The highest BCUT2D eigenvalue weighted by Crippen LogP contribution is 2.27. The van der Waals surface area contributed by atoms with E-state index in [1.165, 1.54) is 23.7 Å². The number of aryl methyl sites for hydroxylation is 1. The summed E-state index contributed by atoms with van der Waals surface area (Å²) in [5.74, 6) is 0.468. The van der Waals surface area contributed by atoms with Crippen LogP contribution in [0.15, 0.2) is 64.6 Å². The van der Waals surface area contributed by atoms with E-state index in [-0.39, 0.29) is 16.9 Å². The smallest absolute Gasteiger partial charge is 0.305 e. The standard InChI is InChI=1S/C21H17N7O4/c1-24-18-17(19(29)25(2)21(24)30)27-12-16(14-5-7-15(8-6-14)28(31)32)26(20(27)23-18)11-13-4-3-9-22-10-13/h3-10,12H,11H2,1-2H3. The Morgan fingerprint density at radius 2 is 1.81 bits per heavy atom. The zero-order chi connectivity index (χ0) is 22.6. The van der Waals surface area contributed by atoms with E-state index in [1.54, 1.807) is 42.2 Å². The summed E-state index contributed by atoms with van der Waals surface area (Å²) in [5, 5.41) is 11.0. The van der Waals surface area contributed by atoms with E-state index in [9.17, 15) is 19.7 Å². The average Bonchev–Trinajstić information content (AvgIpc) is 3.34. The molecule has 11 heteroatoms. The number of hydrogen-bond acceptors (Lipinski definition) is 6. The zero-order valence-electron chi connectivity index (χ0n) is 17.2. The number of nitro groups is 1. The van der Waals surface area contributed by atoms with E-state index >= 15 is 0 Å². The Hall–Kier alpha value is -4.54. The molecule has 0 aliphatic carbocycles. The Kier molecular flexibility index (Phi) is 4.26. The van der Waals surface area contributed by atoms with Gasteiger partial charge in [-0.2, -0.15) is 4.98 Å². The molecule has 5 aromatic rings. The highest BCUT2D eigenvalue weighted by atomic mass is 16.6. The van der Waals surface area contributed by atoms with Gasteiger partial charge in [0, 0.05) is 50.4 Å². The quantitative estimate of drug-likeness (QED) is 0.315. The molecule has 0 aliphatic heterocycles. The molecular formula is C21H17N7O4. The van der Waals surface area contributed by atoms with E-state index in [1.807, 2.05) is 16.7 Å². The molecule has 0 N–H and O–H groups in total. The molecule has 0 bridgehead atoms. The number of fused-ring (bicyclic) bond motifs is 3. The van der Waals surface area contributed by atoms with Gasteiger partial charge in [0.15, 0.2) is 11.2 Å². The number of non-ortho nitro benzene ring substituents is 1. The van der Waals surface area contributed by atoms with Crippen LogP contribution in [0.25, 0.3) is 28.2 Å². The minimum atomic E-state index is -0.461. The first-order chi connectivity index (χ1) is 15.4. The number of rotatable bonds is 4. The van der Waals surface area contributed by atoms with Gasteiger partial charge in [-0.05, 0) is 23.8 Å². The van der Waals surface area contributed by atoms with Crippen LogP contribution in [-0.4, -0.2) is 33.0 Å². The summed E-state index contributed by atoms with van der Waals surface area (Å²) >= 11 is 0. The second-order valence-corrected chi connectivity index (χ2v) is 7.43. The lowest BCUT2D eigenvalue weighted by Gasteiger charge is -2.09. The lowest BCUT2D eigenvalue weighted by atomic mass is 10.1. The first-order valence-electron chi connectivity index (χ1n) is 9.68. The van der Waals surface area contributed by atoms with Crippen molar-refractivity contribution < 1.29 is 4.92 Å². The highest BCUT2D eigenvalue weighted by Gasteiger charge is 2.21. The fourth-order valence-corrected chi connectivity index (χ4v) is 3.83. The SMILES string of the molecule is Cn1c(=O)c2c(nc3n(Cc4cccnc4)c(-c4ccc([N+](=O)[O-])cc4)cn23)n(C)c1=O. The molecule has 4 heterocycles. The minimum Gasteiger partial charge on any atom is -0.305 e. The monoisotopic (exact) mass is 431 g/mol. The predicted octanol–water partition coefficient (Wildman–Crippen LogP) is 1.70. The lowest BCUT2D eigenvalue weighted by molar-refractivity contribution is -0.384. The number of imidazole rings is 2. The maximum absolute atomic E-state index is 12.9. The van der Waals surface area contributed by atoms with E-state index < -0.39 is 16.2 Å². The van der Waals surface area contributed by atoms with Gasteiger partial charge < -0.3 is 4.57 Å². The largest absolute Gasteiger partial charge is 0.332 e. The van der Waals surface area contributed by atoms with Gasteiger partial charge in [0.2, 0.25) is 5.78 Å². The Morgan fingerprint density at radius 1 is 1.06 bits per heavy atom. The number of hydrogen-bond donors (Lipinski definition) is 0. The second kappa shape index (κ2) is 7.01. The molecule has 0 saturated heterocycles. The van der Waals surface area contributed by atoms with Gasteiger partial charge in [-0.25, -0.2) is 4.79 Å². The lowest BCUT2D eigenvalue weighted by Crippen LogP contribution is -2.37. The molecule has 32 heavy (non-hydrogen) atoms. The number of pyridine rings is 1. The number of nitro benzene ring substituents is 1. The summed E-state index contributed by atoms with van der Waals surface area (Å²) in [6, 6.07) is 9.91. The van der Waals surface area contributed by atoms with Crippen molar-refractivity contribution in [1.29, 1.82) is 0 Å². The van der Waals surface area contributed by atoms with Gasteiger partial charge >= 0.3 is 5.69 Å². The predicted molar refractivity (Wildman–Crippen MR) is 117 cm³/mol. The van der Waals surface area contributed by atoms with E-state index in [2.05, 4.69) is 9.97 Å². The van der Waals surface area contributed by atoms with Crippen LogP contribution in [0.3, 0.4) is 0 Å². The van der Waals surface area contributed by atoms with Crippen LogP contribution in [0.5, 0.6) is 0 Å². The number of benzene rings is 1. The molecule has 0 fully saturated rings. The Labute approximate surface area is 179 Å².